The molecule has 9 heteroatoms. The van der Waals surface area contributed by atoms with E-state index in [9.17, 15) is 29.1 Å². The van der Waals surface area contributed by atoms with Crippen LogP contribution >= 0.6 is 15.9 Å². The van der Waals surface area contributed by atoms with Crippen LogP contribution < -0.4 is 9.64 Å². The van der Waals surface area contributed by atoms with Crippen LogP contribution in [0.5, 0.6) is 11.5 Å². The van der Waals surface area contributed by atoms with E-state index in [0.717, 1.165) is 11.1 Å². The maximum atomic E-state index is 14.3. The Morgan fingerprint density at radius 1 is 0.824 bits per heavy atom. The van der Waals surface area contributed by atoms with Crippen molar-refractivity contribution in [1.29, 1.82) is 0 Å². The minimum absolute atomic E-state index is 0.1000. The van der Waals surface area contributed by atoms with E-state index in [1.54, 1.807) is 60.7 Å². The van der Waals surface area contributed by atoms with Gasteiger partial charge < -0.3 is 9.84 Å². The predicted octanol–water partition coefficient (Wildman–Crippen LogP) is 7.17. The van der Waals surface area contributed by atoms with Gasteiger partial charge in [-0.2, -0.15) is 0 Å². The minimum atomic E-state index is -0.809. The number of anilines is 1. The van der Waals surface area contributed by atoms with E-state index < -0.39 is 29.6 Å². The molecule has 0 bridgehead atoms. The van der Waals surface area contributed by atoms with Crippen molar-refractivity contribution >= 4 is 50.8 Å². The van der Waals surface area contributed by atoms with Crippen LogP contribution in [-0.2, 0) is 25.8 Å². The number of hydrogen-bond donors (Lipinski definition) is 1. The van der Waals surface area contributed by atoms with Gasteiger partial charge in [-0.25, -0.2) is 0 Å². The molecule has 1 saturated heterocycles. The number of benzene rings is 4. The molecular weight excluding hydrogens is 710 g/mol. The lowest BCUT2D eigenvalue weighted by atomic mass is 9.59. The maximum absolute atomic E-state index is 14.3. The fourth-order valence-electron chi connectivity index (χ4n) is 7.93. The summed E-state index contributed by atoms with van der Waals surface area (Å²) in [6.45, 7) is 0.291. The number of imide groups is 1. The van der Waals surface area contributed by atoms with Gasteiger partial charge in [-0.05, 0) is 70.6 Å². The van der Waals surface area contributed by atoms with Gasteiger partial charge >= 0.3 is 0 Å². The van der Waals surface area contributed by atoms with Crippen molar-refractivity contribution in [2.45, 2.75) is 25.4 Å². The number of halogens is 1. The maximum Gasteiger partial charge on any atom is 0.238 e. The van der Waals surface area contributed by atoms with Gasteiger partial charge in [-0.3, -0.25) is 28.9 Å². The first-order chi connectivity index (χ1) is 24.7. The van der Waals surface area contributed by atoms with Crippen LogP contribution in [-0.4, -0.2) is 34.3 Å². The molecule has 4 aromatic rings. The number of nitrogens with zero attached hydrogens (tertiary/aromatic N) is 1. The van der Waals surface area contributed by atoms with Gasteiger partial charge in [-0.15, -0.1) is 0 Å². The van der Waals surface area contributed by atoms with Crippen LogP contribution in [0.15, 0.2) is 136 Å². The van der Waals surface area contributed by atoms with Crippen molar-refractivity contribution in [3.63, 3.8) is 0 Å². The number of rotatable bonds is 7. The highest BCUT2D eigenvalue weighted by Crippen LogP contribution is 2.56. The molecular formula is C42H30BrNO7. The molecule has 0 saturated carbocycles. The van der Waals surface area contributed by atoms with Gasteiger partial charge in [0, 0.05) is 45.9 Å². The zero-order valence-corrected chi connectivity index (χ0v) is 28.7. The number of hydrogen-bond acceptors (Lipinski definition) is 7. The Bertz CT molecular complexity index is 2240. The molecule has 1 aliphatic heterocycles. The van der Waals surface area contributed by atoms with Gasteiger partial charge in [0.15, 0.2) is 17.3 Å². The molecule has 8 rings (SSSR count). The Labute approximate surface area is 301 Å². The Kier molecular flexibility index (Phi) is 8.23. The van der Waals surface area contributed by atoms with Crippen LogP contribution in [0.3, 0.4) is 0 Å². The smallest absolute Gasteiger partial charge is 0.238 e. The number of carbonyl (C=O) groups is 5. The van der Waals surface area contributed by atoms with Gasteiger partial charge in [-0.1, -0.05) is 78.4 Å². The molecule has 1 fully saturated rings. The van der Waals surface area contributed by atoms with Crippen LogP contribution in [0, 0.1) is 17.8 Å². The molecule has 252 valence electrons. The Balaban J connectivity index is 1.12. The van der Waals surface area contributed by atoms with E-state index >= 15 is 0 Å². The van der Waals surface area contributed by atoms with E-state index in [0.29, 0.717) is 34.7 Å². The molecule has 51 heavy (non-hydrogen) atoms. The molecule has 4 aromatic carbocycles. The summed E-state index contributed by atoms with van der Waals surface area (Å²) in [7, 11) is 0. The summed E-state index contributed by atoms with van der Waals surface area (Å²) in [4.78, 5) is 69.7. The predicted molar refractivity (Wildman–Crippen MR) is 192 cm³/mol. The van der Waals surface area contributed by atoms with Crippen LogP contribution in [0.4, 0.5) is 5.69 Å². The number of aromatic hydroxyl groups is 1. The Morgan fingerprint density at radius 3 is 2.22 bits per heavy atom. The van der Waals surface area contributed by atoms with Crippen molar-refractivity contribution in [3.8, 4) is 11.5 Å². The summed E-state index contributed by atoms with van der Waals surface area (Å²) < 4.78 is 6.05. The summed E-state index contributed by atoms with van der Waals surface area (Å²) in [6.07, 6.45) is 3.51. The van der Waals surface area contributed by atoms with Crippen molar-refractivity contribution in [2.24, 2.45) is 17.8 Å². The third kappa shape index (κ3) is 5.58. The normalized spacial score (nSPS) is 22.6. The molecule has 8 nitrogen and oxygen atoms in total. The highest BCUT2D eigenvalue weighted by molar-refractivity contribution is 9.12. The number of Topliss-reactive ketones (excluding diaryl/α,β-unsaturated/α-hetero) is 1. The largest absolute Gasteiger partial charge is 0.507 e. The molecule has 1 heterocycles. The lowest BCUT2D eigenvalue weighted by Gasteiger charge is -2.42. The quantitative estimate of drug-likeness (QED) is 0.0925. The summed E-state index contributed by atoms with van der Waals surface area (Å²) in [6, 6.07) is 29.8. The van der Waals surface area contributed by atoms with E-state index in [2.05, 4.69) is 15.9 Å². The van der Waals surface area contributed by atoms with E-state index in [1.165, 1.54) is 17.0 Å². The molecule has 3 aliphatic carbocycles. The molecule has 0 radical (unpaired) electrons. The van der Waals surface area contributed by atoms with Crippen molar-refractivity contribution in [3.05, 3.63) is 159 Å². The number of fused-ring (bicyclic) bond motifs is 3. The van der Waals surface area contributed by atoms with Gasteiger partial charge in [0.05, 0.1) is 22.0 Å². The average molecular weight is 741 g/mol. The number of allylic oxidation sites excluding steroid dienone is 6. The molecule has 2 amide bonds. The molecule has 4 atom stereocenters. The standard InChI is InChI=1S/C42H30BrNO7/c43-33-21-35(46)38-32(40(33)48)20-31-28(36(38)29-16-15-27(19-34(29)45)51-22-23-7-3-1-4-8-23)17-18-30-37(31)42(50)44(41(30)49)26-13-11-25(12-14-26)39(47)24-9-5-2-6-10-24/h1-17,19,21,30-31,36-37,45H,18,20,22H2. The number of carbonyl (C=O) groups excluding carboxylic acids is 5. The van der Waals surface area contributed by atoms with E-state index in [1.807, 2.05) is 42.5 Å². The third-order valence-electron chi connectivity index (χ3n) is 10.3. The number of phenols is 1. The van der Waals surface area contributed by atoms with E-state index in [4.69, 9.17) is 4.74 Å². The lowest BCUT2D eigenvalue weighted by molar-refractivity contribution is -0.123. The Morgan fingerprint density at radius 2 is 1.51 bits per heavy atom. The number of phenolic OH excluding ortho intramolecular Hbond substituents is 1. The monoisotopic (exact) mass is 739 g/mol. The van der Waals surface area contributed by atoms with Crippen LogP contribution in [0.2, 0.25) is 0 Å². The number of amides is 2. The summed E-state index contributed by atoms with van der Waals surface area (Å²) in [5.41, 5.74) is 3.94. The summed E-state index contributed by atoms with van der Waals surface area (Å²) in [5.74, 6) is -4.17. The Hall–Kier alpha value is -5.67. The van der Waals surface area contributed by atoms with Gasteiger partial charge in [0.1, 0.15) is 18.1 Å². The zero-order valence-electron chi connectivity index (χ0n) is 27.1. The third-order valence-corrected chi connectivity index (χ3v) is 10.9. The molecule has 4 aliphatic rings. The summed E-state index contributed by atoms with van der Waals surface area (Å²) >= 11 is 3.25. The first-order valence-corrected chi connectivity index (χ1v) is 17.5. The molecule has 4 unspecified atom stereocenters. The fraction of sp³-hybridized carbons (Fsp3) is 0.167. The lowest BCUT2D eigenvalue weighted by Crippen LogP contribution is -2.39. The van der Waals surface area contributed by atoms with Crippen LogP contribution in [0.25, 0.3) is 0 Å². The fourth-order valence-corrected chi connectivity index (χ4v) is 8.38. The SMILES string of the molecule is O=C1C=C(Br)C(=O)C2=C1C(c1ccc(OCc3ccccc3)cc1O)C1=CCC3C(=O)N(c4ccc(C(=O)c5ccccc5)cc4)C(=O)C3C1C2. The number of ketones is 3. The zero-order chi connectivity index (χ0) is 35.4. The van der Waals surface area contributed by atoms with Crippen molar-refractivity contribution < 1.29 is 33.8 Å². The van der Waals surface area contributed by atoms with Crippen molar-refractivity contribution in [2.75, 3.05) is 4.90 Å². The second-order valence-electron chi connectivity index (χ2n) is 13.1. The van der Waals surface area contributed by atoms with Crippen LogP contribution in [0.1, 0.15) is 45.8 Å². The highest BCUT2D eigenvalue weighted by Gasteiger charge is 2.57. The van der Waals surface area contributed by atoms with E-state index in [-0.39, 0.29) is 57.5 Å². The number of ether oxygens (including phenoxy) is 1. The van der Waals surface area contributed by atoms with Gasteiger partial charge in [0.2, 0.25) is 11.8 Å². The first kappa shape index (κ1) is 32.5. The second-order valence-corrected chi connectivity index (χ2v) is 14.0. The summed E-state index contributed by atoms with van der Waals surface area (Å²) in [5, 5.41) is 11.4. The average Bonchev–Trinajstić information content (AvgIpc) is 3.41. The minimum Gasteiger partial charge on any atom is -0.507 e. The van der Waals surface area contributed by atoms with Crippen molar-refractivity contribution in [1.82, 2.24) is 0 Å². The van der Waals surface area contributed by atoms with Gasteiger partial charge in [0.25, 0.3) is 0 Å². The molecule has 0 spiro atoms. The first-order valence-electron chi connectivity index (χ1n) is 16.7. The molecule has 0 aromatic heterocycles. The molecule has 1 N–H and O–H groups in total. The topological polar surface area (TPSA) is 118 Å². The highest BCUT2D eigenvalue weighted by atomic mass is 79.9. The second kappa shape index (κ2) is 12.9.